The Balaban J connectivity index is 1.96. The Morgan fingerprint density at radius 3 is 2.65 bits per heavy atom. The maximum Gasteiger partial charge on any atom is 0.234 e. The van der Waals surface area contributed by atoms with Crippen LogP contribution in [0.5, 0.6) is 0 Å². The summed E-state index contributed by atoms with van der Waals surface area (Å²) in [4.78, 5) is 12.5. The van der Waals surface area contributed by atoms with Crippen molar-refractivity contribution in [1.29, 1.82) is 0 Å². The van der Waals surface area contributed by atoms with Gasteiger partial charge in [0.25, 0.3) is 0 Å². The topological polar surface area (TPSA) is 96.9 Å². The molecule has 0 radical (unpaired) electrons. The van der Waals surface area contributed by atoms with Crippen LogP contribution in [-0.4, -0.2) is 48.2 Å². The predicted molar refractivity (Wildman–Crippen MR) is 79.0 cm³/mol. The van der Waals surface area contributed by atoms with Gasteiger partial charge in [-0.25, -0.2) is 0 Å². The minimum absolute atomic E-state index is 0.00232. The molecule has 2 aliphatic rings. The van der Waals surface area contributed by atoms with E-state index in [0.29, 0.717) is 38.5 Å². The van der Waals surface area contributed by atoms with Crippen LogP contribution in [0.2, 0.25) is 0 Å². The highest BCUT2D eigenvalue weighted by atomic mass is 32.2. The number of amides is 1. The number of amidine groups is 1. The van der Waals surface area contributed by atoms with Crippen LogP contribution in [0, 0.1) is 11.3 Å². The zero-order chi connectivity index (χ0) is 14.4. The zero-order valence-corrected chi connectivity index (χ0v) is 12.5. The number of rotatable bonds is 4. The Bertz CT molecular complexity index is 364. The van der Waals surface area contributed by atoms with Crippen molar-refractivity contribution in [1.82, 2.24) is 5.32 Å². The molecule has 0 bridgehead atoms. The molecule has 2 rings (SSSR count). The van der Waals surface area contributed by atoms with Gasteiger partial charge >= 0.3 is 0 Å². The number of nitrogens with two attached hydrogens (primary N) is 1. The SMILES string of the molecule is NC(=NO)C1(C(=O)NCC2CCSCC2)CCOCC1. The van der Waals surface area contributed by atoms with Crippen molar-refractivity contribution in [3.05, 3.63) is 0 Å². The van der Waals surface area contributed by atoms with E-state index in [0.717, 1.165) is 12.8 Å². The van der Waals surface area contributed by atoms with Crippen molar-refractivity contribution in [2.75, 3.05) is 31.3 Å². The first kappa shape index (κ1) is 15.4. The van der Waals surface area contributed by atoms with Gasteiger partial charge in [-0.3, -0.25) is 4.79 Å². The van der Waals surface area contributed by atoms with E-state index in [2.05, 4.69) is 10.5 Å². The first-order valence-corrected chi connectivity index (χ1v) is 8.26. The van der Waals surface area contributed by atoms with E-state index in [4.69, 9.17) is 15.7 Å². The number of nitrogens with one attached hydrogen (secondary N) is 1. The van der Waals surface area contributed by atoms with Gasteiger partial charge in [0.05, 0.1) is 0 Å². The molecule has 0 aromatic rings. The second-order valence-electron chi connectivity index (χ2n) is 5.45. The summed E-state index contributed by atoms with van der Waals surface area (Å²) in [5.74, 6) is 2.75. The molecule has 0 aromatic carbocycles. The van der Waals surface area contributed by atoms with E-state index in [1.165, 1.54) is 11.5 Å². The zero-order valence-electron chi connectivity index (χ0n) is 11.6. The number of ether oxygens (including phenoxy) is 1. The number of carbonyl (C=O) groups is 1. The quantitative estimate of drug-likeness (QED) is 0.309. The summed E-state index contributed by atoms with van der Waals surface area (Å²) in [6.45, 7) is 1.61. The lowest BCUT2D eigenvalue weighted by Crippen LogP contribution is -2.53. The van der Waals surface area contributed by atoms with E-state index in [1.54, 1.807) is 0 Å². The van der Waals surface area contributed by atoms with Gasteiger partial charge < -0.3 is 21.0 Å². The fourth-order valence-electron chi connectivity index (χ4n) is 2.77. The number of thioether (sulfide) groups is 1. The molecule has 2 fully saturated rings. The van der Waals surface area contributed by atoms with Crippen molar-refractivity contribution in [3.63, 3.8) is 0 Å². The second-order valence-corrected chi connectivity index (χ2v) is 6.67. The Hall–Kier alpha value is -0.950. The molecule has 2 heterocycles. The van der Waals surface area contributed by atoms with Gasteiger partial charge in [0, 0.05) is 19.8 Å². The molecule has 0 saturated carbocycles. The molecule has 20 heavy (non-hydrogen) atoms. The summed E-state index contributed by atoms with van der Waals surface area (Å²) in [7, 11) is 0. The monoisotopic (exact) mass is 301 g/mol. The van der Waals surface area contributed by atoms with Crippen LogP contribution in [0.4, 0.5) is 0 Å². The second kappa shape index (κ2) is 7.17. The molecule has 7 heteroatoms. The molecule has 2 aliphatic heterocycles. The first-order chi connectivity index (χ1) is 9.69. The summed E-state index contributed by atoms with van der Waals surface area (Å²) in [5, 5.41) is 15.0. The maximum absolute atomic E-state index is 12.5. The molecule has 0 atom stereocenters. The van der Waals surface area contributed by atoms with Crippen molar-refractivity contribution in [3.8, 4) is 0 Å². The molecule has 114 valence electrons. The molecule has 0 spiro atoms. The van der Waals surface area contributed by atoms with E-state index in [1.807, 2.05) is 11.8 Å². The highest BCUT2D eigenvalue weighted by Gasteiger charge is 2.44. The number of hydrogen-bond acceptors (Lipinski definition) is 5. The van der Waals surface area contributed by atoms with E-state index in [-0.39, 0.29) is 11.7 Å². The van der Waals surface area contributed by atoms with Crippen LogP contribution >= 0.6 is 11.8 Å². The minimum atomic E-state index is -0.906. The van der Waals surface area contributed by atoms with Gasteiger partial charge in [-0.15, -0.1) is 0 Å². The molecule has 0 aliphatic carbocycles. The summed E-state index contributed by atoms with van der Waals surface area (Å²) < 4.78 is 5.29. The largest absolute Gasteiger partial charge is 0.409 e. The Morgan fingerprint density at radius 1 is 1.40 bits per heavy atom. The summed E-state index contributed by atoms with van der Waals surface area (Å²) in [5.41, 5.74) is 4.87. The molecule has 2 saturated heterocycles. The first-order valence-electron chi connectivity index (χ1n) is 7.11. The van der Waals surface area contributed by atoms with Crippen molar-refractivity contribution in [2.24, 2.45) is 22.2 Å². The molecule has 0 unspecified atom stereocenters. The van der Waals surface area contributed by atoms with Crippen molar-refractivity contribution in [2.45, 2.75) is 25.7 Å². The third kappa shape index (κ3) is 3.38. The van der Waals surface area contributed by atoms with Gasteiger partial charge in [0.15, 0.2) is 5.84 Å². The summed E-state index contributed by atoms with van der Waals surface area (Å²) in [6, 6.07) is 0. The van der Waals surface area contributed by atoms with Crippen molar-refractivity contribution >= 4 is 23.5 Å². The fourth-order valence-corrected chi connectivity index (χ4v) is 3.98. The Kier molecular flexibility index (Phi) is 5.54. The van der Waals surface area contributed by atoms with Crippen LogP contribution < -0.4 is 11.1 Å². The summed E-state index contributed by atoms with van der Waals surface area (Å²) in [6.07, 6.45) is 3.22. The van der Waals surface area contributed by atoms with Gasteiger partial charge in [-0.2, -0.15) is 11.8 Å². The third-order valence-electron chi connectivity index (χ3n) is 4.27. The molecule has 4 N–H and O–H groups in total. The highest BCUT2D eigenvalue weighted by molar-refractivity contribution is 7.99. The number of carbonyl (C=O) groups excluding carboxylic acids is 1. The van der Waals surface area contributed by atoms with Crippen LogP contribution in [0.25, 0.3) is 0 Å². The average molecular weight is 301 g/mol. The van der Waals surface area contributed by atoms with Crippen LogP contribution in [0.3, 0.4) is 0 Å². The smallest absolute Gasteiger partial charge is 0.234 e. The Labute approximate surface area is 123 Å². The van der Waals surface area contributed by atoms with Gasteiger partial charge in [0.2, 0.25) is 5.91 Å². The predicted octanol–water partition coefficient (Wildman–Crippen LogP) is 0.789. The molecular weight excluding hydrogens is 278 g/mol. The number of nitrogens with zero attached hydrogens (tertiary/aromatic N) is 1. The molecular formula is C13H23N3O3S. The average Bonchev–Trinajstić information content (AvgIpc) is 2.53. The van der Waals surface area contributed by atoms with Crippen LogP contribution in [0.1, 0.15) is 25.7 Å². The molecule has 1 amide bonds. The minimum Gasteiger partial charge on any atom is -0.409 e. The fraction of sp³-hybridized carbons (Fsp3) is 0.846. The van der Waals surface area contributed by atoms with E-state index in [9.17, 15) is 4.79 Å². The lowest BCUT2D eigenvalue weighted by Gasteiger charge is -2.35. The van der Waals surface area contributed by atoms with Gasteiger partial charge in [-0.05, 0) is 43.1 Å². The number of oxime groups is 1. The van der Waals surface area contributed by atoms with E-state index >= 15 is 0 Å². The summed E-state index contributed by atoms with van der Waals surface area (Å²) >= 11 is 1.97. The third-order valence-corrected chi connectivity index (χ3v) is 5.32. The van der Waals surface area contributed by atoms with Gasteiger partial charge in [0.1, 0.15) is 5.41 Å². The number of hydrogen-bond donors (Lipinski definition) is 3. The van der Waals surface area contributed by atoms with E-state index < -0.39 is 5.41 Å². The molecule has 6 nitrogen and oxygen atoms in total. The maximum atomic E-state index is 12.5. The molecule has 0 aromatic heterocycles. The standard InChI is InChI=1S/C13H23N3O3S/c14-11(16-18)13(3-5-19-6-4-13)12(17)15-9-10-1-7-20-8-2-10/h10,18H,1-9H2,(H2,14,16)(H,15,17). The van der Waals surface area contributed by atoms with Crippen molar-refractivity contribution < 1.29 is 14.7 Å². The normalized spacial score (nSPS) is 24.3. The van der Waals surface area contributed by atoms with Crippen LogP contribution in [0.15, 0.2) is 5.16 Å². The lowest BCUT2D eigenvalue weighted by atomic mass is 9.78. The lowest BCUT2D eigenvalue weighted by molar-refractivity contribution is -0.131. The highest BCUT2D eigenvalue weighted by Crippen LogP contribution is 2.31. The Morgan fingerprint density at radius 2 is 2.05 bits per heavy atom. The van der Waals surface area contributed by atoms with Crippen LogP contribution in [-0.2, 0) is 9.53 Å². The van der Waals surface area contributed by atoms with Gasteiger partial charge in [-0.1, -0.05) is 5.16 Å².